The molecule has 0 saturated carbocycles. The molecule has 1 aromatic rings. The van der Waals surface area contributed by atoms with Crippen LogP contribution in [0.25, 0.3) is 0 Å². The van der Waals surface area contributed by atoms with E-state index in [0.29, 0.717) is 0 Å². The highest BCUT2D eigenvalue weighted by Crippen LogP contribution is 2.30. The number of Topliss-reactive ketones (excluding diaryl/α,β-unsaturated/α-hetero) is 1. The molecule has 0 bridgehead atoms. The quantitative estimate of drug-likeness (QED) is 0.201. The van der Waals surface area contributed by atoms with Crippen molar-refractivity contribution in [2.75, 3.05) is 6.61 Å². The molecule has 0 saturated heterocycles. The Balaban J connectivity index is 3.25. The SMILES string of the molecule is CCOC(=O)/C(=C\C(Cl)(Cl)Cl)C(=O)c1ccccc1Cl. The Morgan fingerprint density at radius 3 is 2.35 bits per heavy atom. The third-order valence-electron chi connectivity index (χ3n) is 2.17. The number of alkyl halides is 3. The predicted molar refractivity (Wildman–Crippen MR) is 80.8 cm³/mol. The lowest BCUT2D eigenvalue weighted by atomic mass is 10.0. The molecule has 0 heterocycles. The van der Waals surface area contributed by atoms with Gasteiger partial charge in [0.2, 0.25) is 9.58 Å². The zero-order valence-corrected chi connectivity index (χ0v) is 13.4. The number of carbonyl (C=O) groups excluding carboxylic acids is 2. The minimum Gasteiger partial charge on any atom is -0.462 e. The van der Waals surface area contributed by atoms with Gasteiger partial charge in [-0.2, -0.15) is 0 Å². The third-order valence-corrected chi connectivity index (χ3v) is 2.82. The lowest BCUT2D eigenvalue weighted by molar-refractivity contribution is -0.138. The van der Waals surface area contributed by atoms with Gasteiger partial charge in [-0.15, -0.1) is 0 Å². The van der Waals surface area contributed by atoms with Gasteiger partial charge in [-0.1, -0.05) is 58.5 Å². The minimum atomic E-state index is -1.90. The molecule has 108 valence electrons. The largest absolute Gasteiger partial charge is 0.462 e. The number of carbonyl (C=O) groups is 2. The zero-order chi connectivity index (χ0) is 15.3. The molecule has 0 radical (unpaired) electrons. The van der Waals surface area contributed by atoms with E-state index in [2.05, 4.69) is 0 Å². The summed E-state index contributed by atoms with van der Waals surface area (Å²) in [6, 6.07) is 6.25. The second kappa shape index (κ2) is 7.32. The Morgan fingerprint density at radius 2 is 1.85 bits per heavy atom. The van der Waals surface area contributed by atoms with E-state index in [4.69, 9.17) is 51.1 Å². The fourth-order valence-corrected chi connectivity index (χ4v) is 1.93. The molecule has 3 nitrogen and oxygen atoms in total. The average Bonchev–Trinajstić information content (AvgIpc) is 2.35. The molecule has 0 atom stereocenters. The number of esters is 1. The molecule has 0 amide bonds. The van der Waals surface area contributed by atoms with Crippen molar-refractivity contribution in [2.24, 2.45) is 0 Å². The Kier molecular flexibility index (Phi) is 6.34. The van der Waals surface area contributed by atoms with Crippen molar-refractivity contribution in [1.29, 1.82) is 0 Å². The molecular formula is C13H10Cl4O3. The molecule has 1 rings (SSSR count). The number of hydrogen-bond acceptors (Lipinski definition) is 3. The first-order valence-electron chi connectivity index (χ1n) is 5.52. The molecule has 20 heavy (non-hydrogen) atoms. The molecular weight excluding hydrogens is 346 g/mol. The molecule has 0 spiro atoms. The van der Waals surface area contributed by atoms with Crippen molar-refractivity contribution in [2.45, 2.75) is 10.7 Å². The van der Waals surface area contributed by atoms with Crippen molar-refractivity contribution in [3.05, 3.63) is 46.5 Å². The van der Waals surface area contributed by atoms with Gasteiger partial charge in [0.1, 0.15) is 5.57 Å². The standard InChI is InChI=1S/C13H10Cl4O3/c1-2-20-12(19)9(7-13(15,16)17)11(18)8-5-3-4-6-10(8)14/h3-7H,2H2,1H3/b9-7-. The van der Waals surface area contributed by atoms with Gasteiger partial charge in [0.05, 0.1) is 11.6 Å². The van der Waals surface area contributed by atoms with Gasteiger partial charge in [0.25, 0.3) is 0 Å². The van der Waals surface area contributed by atoms with Crippen molar-refractivity contribution in [3.8, 4) is 0 Å². The van der Waals surface area contributed by atoms with Gasteiger partial charge in [0.15, 0.2) is 0 Å². The topological polar surface area (TPSA) is 43.4 Å². The van der Waals surface area contributed by atoms with E-state index in [1.54, 1.807) is 19.1 Å². The number of rotatable bonds is 4. The first-order valence-corrected chi connectivity index (χ1v) is 7.03. The molecule has 0 N–H and O–H groups in total. The zero-order valence-electron chi connectivity index (χ0n) is 10.3. The maximum Gasteiger partial charge on any atom is 0.341 e. The van der Waals surface area contributed by atoms with Crippen LogP contribution in [-0.2, 0) is 9.53 Å². The Morgan fingerprint density at radius 1 is 1.25 bits per heavy atom. The monoisotopic (exact) mass is 354 g/mol. The third kappa shape index (κ3) is 4.98. The number of hydrogen-bond donors (Lipinski definition) is 0. The van der Waals surface area contributed by atoms with E-state index < -0.39 is 15.5 Å². The summed E-state index contributed by atoms with van der Waals surface area (Å²) in [6.07, 6.45) is 0.918. The van der Waals surface area contributed by atoms with E-state index >= 15 is 0 Å². The summed E-state index contributed by atoms with van der Waals surface area (Å²) in [5.41, 5.74) is -0.248. The summed E-state index contributed by atoms with van der Waals surface area (Å²) in [6.45, 7) is 1.69. The van der Waals surface area contributed by atoms with E-state index in [1.165, 1.54) is 12.1 Å². The van der Waals surface area contributed by atoms with Crippen molar-refractivity contribution in [1.82, 2.24) is 0 Å². The van der Waals surface area contributed by atoms with Crippen molar-refractivity contribution < 1.29 is 14.3 Å². The lowest BCUT2D eigenvalue weighted by Gasteiger charge is -2.11. The molecule has 0 aliphatic heterocycles. The van der Waals surface area contributed by atoms with Gasteiger partial charge < -0.3 is 4.74 Å². The van der Waals surface area contributed by atoms with E-state index in [-0.39, 0.29) is 22.8 Å². The average molecular weight is 356 g/mol. The number of allylic oxidation sites excluding steroid dienone is 1. The number of halogens is 4. The fraction of sp³-hybridized carbons (Fsp3) is 0.231. The maximum atomic E-state index is 12.3. The second-order valence-corrected chi connectivity index (χ2v) is 6.41. The first kappa shape index (κ1) is 17.3. The highest BCUT2D eigenvalue weighted by molar-refractivity contribution is 6.69. The molecule has 0 aliphatic rings. The van der Waals surface area contributed by atoms with Crippen LogP contribution in [0, 0.1) is 0 Å². The number of benzene rings is 1. The van der Waals surface area contributed by atoms with Gasteiger partial charge in [-0.25, -0.2) is 4.79 Å². The fourth-order valence-electron chi connectivity index (χ4n) is 1.38. The summed E-state index contributed by atoms with van der Waals surface area (Å²) in [7, 11) is 0. The molecule has 0 fully saturated rings. The van der Waals surface area contributed by atoms with Crippen LogP contribution in [0.4, 0.5) is 0 Å². The van der Waals surface area contributed by atoms with Gasteiger partial charge in [-0.05, 0) is 25.1 Å². The number of ketones is 1. The molecule has 7 heteroatoms. The summed E-state index contributed by atoms with van der Waals surface area (Å²) in [4.78, 5) is 24.1. The van der Waals surface area contributed by atoms with Crippen molar-refractivity contribution >= 4 is 58.2 Å². The molecule has 0 aromatic heterocycles. The highest BCUT2D eigenvalue weighted by atomic mass is 35.6. The molecule has 1 aromatic carbocycles. The van der Waals surface area contributed by atoms with Crippen LogP contribution in [0.5, 0.6) is 0 Å². The van der Waals surface area contributed by atoms with E-state index in [1.807, 2.05) is 0 Å². The summed E-state index contributed by atoms with van der Waals surface area (Å²) < 4.78 is 2.88. The van der Waals surface area contributed by atoms with Crippen LogP contribution >= 0.6 is 46.4 Å². The summed E-state index contributed by atoms with van der Waals surface area (Å²) in [5, 5.41) is 0.192. The van der Waals surface area contributed by atoms with Gasteiger partial charge in [0, 0.05) is 5.56 Å². The molecule has 0 aliphatic carbocycles. The smallest absolute Gasteiger partial charge is 0.341 e. The van der Waals surface area contributed by atoms with Crippen LogP contribution in [0.3, 0.4) is 0 Å². The van der Waals surface area contributed by atoms with Crippen LogP contribution in [-0.4, -0.2) is 22.2 Å². The minimum absolute atomic E-state index is 0.0891. The Bertz CT molecular complexity index is 547. The maximum absolute atomic E-state index is 12.3. The Hall–Kier alpha value is -0.740. The van der Waals surface area contributed by atoms with Crippen LogP contribution in [0.2, 0.25) is 5.02 Å². The van der Waals surface area contributed by atoms with E-state index in [9.17, 15) is 9.59 Å². The lowest BCUT2D eigenvalue weighted by Crippen LogP contribution is -2.19. The predicted octanol–water partition coefficient (Wildman–Crippen LogP) is 4.38. The van der Waals surface area contributed by atoms with Crippen molar-refractivity contribution in [3.63, 3.8) is 0 Å². The van der Waals surface area contributed by atoms with Crippen LogP contribution < -0.4 is 0 Å². The van der Waals surface area contributed by atoms with Crippen LogP contribution in [0.1, 0.15) is 17.3 Å². The Labute approximate surface area is 136 Å². The summed E-state index contributed by atoms with van der Waals surface area (Å²) in [5.74, 6) is -1.54. The summed E-state index contributed by atoms with van der Waals surface area (Å²) >= 11 is 22.7. The van der Waals surface area contributed by atoms with Gasteiger partial charge in [-0.3, -0.25) is 4.79 Å². The number of ether oxygens (including phenoxy) is 1. The van der Waals surface area contributed by atoms with Gasteiger partial charge >= 0.3 is 5.97 Å². The normalized spacial score (nSPS) is 12.2. The first-order chi connectivity index (χ1) is 9.26. The van der Waals surface area contributed by atoms with Crippen LogP contribution in [0.15, 0.2) is 35.9 Å². The van der Waals surface area contributed by atoms with E-state index in [0.717, 1.165) is 6.08 Å². The highest BCUT2D eigenvalue weighted by Gasteiger charge is 2.28. The molecule has 0 unspecified atom stereocenters. The second-order valence-electron chi connectivity index (χ2n) is 3.63.